The predicted molar refractivity (Wildman–Crippen MR) is 85.8 cm³/mol. The molecule has 1 aliphatic rings. The van der Waals surface area contributed by atoms with Crippen molar-refractivity contribution in [3.05, 3.63) is 11.7 Å². The summed E-state index contributed by atoms with van der Waals surface area (Å²) < 4.78 is 5.33. The first kappa shape index (κ1) is 16.7. The number of carbonyl (C=O) groups is 1. The molecule has 0 aromatic carbocycles. The zero-order valence-corrected chi connectivity index (χ0v) is 14.3. The van der Waals surface area contributed by atoms with Crippen molar-refractivity contribution in [3.63, 3.8) is 0 Å². The molecular formula is C14H22N2O3S2. The van der Waals surface area contributed by atoms with E-state index in [0.29, 0.717) is 36.2 Å². The van der Waals surface area contributed by atoms with E-state index in [2.05, 4.69) is 17.1 Å². The zero-order chi connectivity index (χ0) is 15.5. The Morgan fingerprint density at radius 1 is 1.38 bits per heavy atom. The first-order valence-electron chi connectivity index (χ1n) is 7.31. The van der Waals surface area contributed by atoms with Gasteiger partial charge in [-0.1, -0.05) is 25.9 Å². The van der Waals surface area contributed by atoms with E-state index >= 15 is 0 Å². The number of carboxylic acids is 1. The number of hydrogen-bond acceptors (Lipinski definition) is 6. The summed E-state index contributed by atoms with van der Waals surface area (Å²) in [4.78, 5) is 16.0. The average molecular weight is 330 g/mol. The van der Waals surface area contributed by atoms with Gasteiger partial charge in [0.15, 0.2) is 5.82 Å². The van der Waals surface area contributed by atoms with Gasteiger partial charge in [-0.05, 0) is 12.8 Å². The van der Waals surface area contributed by atoms with Crippen molar-refractivity contribution in [3.8, 4) is 0 Å². The molecule has 2 heterocycles. The van der Waals surface area contributed by atoms with Gasteiger partial charge in [-0.15, -0.1) is 11.8 Å². The highest BCUT2D eigenvalue weighted by Gasteiger charge is 2.37. The van der Waals surface area contributed by atoms with Crippen molar-refractivity contribution < 1.29 is 14.4 Å². The molecule has 2 rings (SSSR count). The van der Waals surface area contributed by atoms with Gasteiger partial charge in [0.1, 0.15) is 0 Å². The highest BCUT2D eigenvalue weighted by atomic mass is 32.2. The summed E-state index contributed by atoms with van der Waals surface area (Å²) in [6, 6.07) is 0. The molecule has 1 saturated heterocycles. The Morgan fingerprint density at radius 2 is 2.05 bits per heavy atom. The van der Waals surface area contributed by atoms with Crippen molar-refractivity contribution in [1.82, 2.24) is 10.1 Å². The number of hydrogen-bond donors (Lipinski definition) is 1. The summed E-state index contributed by atoms with van der Waals surface area (Å²) in [6.07, 6.45) is 1.42. The van der Waals surface area contributed by atoms with Crippen LogP contribution in [0.2, 0.25) is 0 Å². The second-order valence-electron chi connectivity index (χ2n) is 5.38. The Kier molecular flexibility index (Phi) is 5.60. The molecule has 0 spiro atoms. The van der Waals surface area contributed by atoms with Gasteiger partial charge in [-0.3, -0.25) is 4.79 Å². The maximum Gasteiger partial charge on any atom is 0.310 e. The van der Waals surface area contributed by atoms with E-state index in [1.807, 2.05) is 37.4 Å². The number of nitrogens with zero attached hydrogens (tertiary/aromatic N) is 2. The number of aromatic nitrogens is 2. The van der Waals surface area contributed by atoms with Gasteiger partial charge in [0, 0.05) is 23.2 Å². The Hall–Kier alpha value is -0.690. The Labute approximate surface area is 133 Å². The molecule has 5 nitrogen and oxygen atoms in total. The third-order valence-corrected chi connectivity index (χ3v) is 7.31. The molecule has 0 bridgehead atoms. The van der Waals surface area contributed by atoms with E-state index in [1.54, 1.807) is 0 Å². The molecule has 7 heteroatoms. The van der Waals surface area contributed by atoms with Gasteiger partial charge in [0.25, 0.3) is 0 Å². The quantitative estimate of drug-likeness (QED) is 0.856. The molecule has 21 heavy (non-hydrogen) atoms. The Morgan fingerprint density at radius 3 is 2.62 bits per heavy atom. The zero-order valence-electron chi connectivity index (χ0n) is 12.7. The molecule has 0 saturated carbocycles. The van der Waals surface area contributed by atoms with E-state index in [4.69, 9.17) is 4.52 Å². The Bertz CT molecular complexity index is 488. The van der Waals surface area contributed by atoms with Crippen LogP contribution < -0.4 is 0 Å². The lowest BCUT2D eigenvalue weighted by Crippen LogP contribution is -2.32. The van der Waals surface area contributed by atoms with Crippen LogP contribution in [0.5, 0.6) is 0 Å². The number of thioether (sulfide) groups is 2. The molecule has 1 aromatic heterocycles. The van der Waals surface area contributed by atoms with Crippen LogP contribution in [0.3, 0.4) is 0 Å². The highest BCUT2D eigenvalue weighted by molar-refractivity contribution is 8.06. The van der Waals surface area contributed by atoms with Crippen LogP contribution >= 0.6 is 23.5 Å². The van der Waals surface area contributed by atoms with Crippen LogP contribution in [0.4, 0.5) is 0 Å². The highest BCUT2D eigenvalue weighted by Crippen LogP contribution is 2.41. The predicted octanol–water partition coefficient (Wildman–Crippen LogP) is 3.41. The van der Waals surface area contributed by atoms with E-state index in [-0.39, 0.29) is 5.25 Å². The first-order valence-corrected chi connectivity index (χ1v) is 9.41. The summed E-state index contributed by atoms with van der Waals surface area (Å²) in [7, 11) is 0. The van der Waals surface area contributed by atoms with E-state index in [0.717, 1.165) is 11.5 Å². The third kappa shape index (κ3) is 3.56. The van der Waals surface area contributed by atoms with Crippen molar-refractivity contribution in [2.24, 2.45) is 5.41 Å². The second-order valence-corrected chi connectivity index (χ2v) is 8.12. The van der Waals surface area contributed by atoms with Crippen molar-refractivity contribution in [1.29, 1.82) is 0 Å². The SMILES string of the molecule is CCC(CC)(Cc1nc(C2SCCSC2C)no1)C(=O)O. The molecular weight excluding hydrogens is 308 g/mol. The van der Waals surface area contributed by atoms with Gasteiger partial charge >= 0.3 is 5.97 Å². The maximum atomic E-state index is 11.6. The number of rotatable bonds is 6. The molecule has 2 unspecified atom stereocenters. The minimum atomic E-state index is -0.802. The molecule has 118 valence electrons. The van der Waals surface area contributed by atoms with E-state index < -0.39 is 11.4 Å². The summed E-state index contributed by atoms with van der Waals surface area (Å²) >= 11 is 3.77. The van der Waals surface area contributed by atoms with Crippen LogP contribution in [0, 0.1) is 5.41 Å². The number of carboxylic acid groups (broad SMARTS) is 1. The van der Waals surface area contributed by atoms with Crippen LogP contribution in [0.25, 0.3) is 0 Å². The minimum Gasteiger partial charge on any atom is -0.481 e. The lowest BCUT2D eigenvalue weighted by Gasteiger charge is -2.25. The monoisotopic (exact) mass is 330 g/mol. The lowest BCUT2D eigenvalue weighted by atomic mass is 9.79. The molecule has 1 aromatic rings. The molecule has 1 aliphatic heterocycles. The molecule has 0 aliphatic carbocycles. The molecule has 0 radical (unpaired) electrons. The smallest absolute Gasteiger partial charge is 0.310 e. The van der Waals surface area contributed by atoms with Crippen LogP contribution in [0.15, 0.2) is 4.52 Å². The van der Waals surface area contributed by atoms with Gasteiger partial charge in [0.2, 0.25) is 5.89 Å². The van der Waals surface area contributed by atoms with Crippen LogP contribution in [-0.2, 0) is 11.2 Å². The van der Waals surface area contributed by atoms with Gasteiger partial charge in [-0.2, -0.15) is 16.7 Å². The maximum absolute atomic E-state index is 11.6. The summed E-state index contributed by atoms with van der Waals surface area (Å²) in [6.45, 7) is 5.96. The third-order valence-electron chi connectivity index (χ3n) is 4.22. The normalized spacial score (nSPS) is 23.2. The Balaban J connectivity index is 2.14. The fraction of sp³-hybridized carbons (Fsp3) is 0.786. The van der Waals surface area contributed by atoms with Crippen LogP contribution in [0.1, 0.15) is 50.6 Å². The lowest BCUT2D eigenvalue weighted by molar-refractivity contribution is -0.149. The van der Waals surface area contributed by atoms with Gasteiger partial charge < -0.3 is 9.63 Å². The van der Waals surface area contributed by atoms with Crippen molar-refractivity contribution in [2.45, 2.75) is 50.5 Å². The average Bonchev–Trinajstić information content (AvgIpc) is 2.93. The summed E-state index contributed by atoms with van der Waals surface area (Å²) in [5, 5.41) is 14.3. The number of aliphatic carboxylic acids is 1. The second kappa shape index (κ2) is 7.05. The van der Waals surface area contributed by atoms with Crippen LogP contribution in [-0.4, -0.2) is 38.0 Å². The fourth-order valence-electron chi connectivity index (χ4n) is 2.54. The summed E-state index contributed by atoms with van der Waals surface area (Å²) in [5.41, 5.74) is -0.802. The minimum absolute atomic E-state index is 0.240. The molecule has 0 amide bonds. The molecule has 2 atom stereocenters. The first-order chi connectivity index (χ1) is 10.0. The van der Waals surface area contributed by atoms with Crippen molar-refractivity contribution >= 4 is 29.5 Å². The van der Waals surface area contributed by atoms with Gasteiger partial charge in [-0.25, -0.2) is 0 Å². The fourth-order valence-corrected chi connectivity index (χ4v) is 5.22. The largest absolute Gasteiger partial charge is 0.481 e. The van der Waals surface area contributed by atoms with E-state index in [9.17, 15) is 9.90 Å². The topological polar surface area (TPSA) is 76.2 Å². The standard InChI is InChI=1S/C14H22N2O3S2/c1-4-14(5-2,13(17)18)8-10-15-12(16-19-10)11-9(3)20-6-7-21-11/h9,11H,4-8H2,1-3H3,(H,17,18). The van der Waals surface area contributed by atoms with Gasteiger partial charge in [0.05, 0.1) is 10.7 Å². The summed E-state index contributed by atoms with van der Waals surface area (Å²) in [5.74, 6) is 2.61. The van der Waals surface area contributed by atoms with Crippen molar-refractivity contribution in [2.75, 3.05) is 11.5 Å². The molecule has 1 fully saturated rings. The molecule has 1 N–H and O–H groups in total. The van der Waals surface area contributed by atoms with E-state index in [1.165, 1.54) is 0 Å².